The highest BCUT2D eigenvalue weighted by Crippen LogP contribution is 2.36. The number of aryl methyl sites for hydroxylation is 1. The molecule has 1 saturated heterocycles. The summed E-state index contributed by atoms with van der Waals surface area (Å²) in [4.78, 5) is 32.1. The summed E-state index contributed by atoms with van der Waals surface area (Å²) in [7, 11) is 0. The third-order valence-electron chi connectivity index (χ3n) is 8.30. The van der Waals surface area contributed by atoms with E-state index in [0.717, 1.165) is 24.9 Å². The van der Waals surface area contributed by atoms with Crippen LogP contribution in [0, 0.1) is 5.92 Å². The van der Waals surface area contributed by atoms with Crippen molar-refractivity contribution in [3.8, 4) is 0 Å². The Morgan fingerprint density at radius 2 is 1.51 bits per heavy atom. The minimum atomic E-state index is -0.698. The molecule has 2 heterocycles. The van der Waals surface area contributed by atoms with Crippen molar-refractivity contribution in [3.63, 3.8) is 0 Å². The van der Waals surface area contributed by atoms with Gasteiger partial charge in [-0.3, -0.25) is 9.78 Å². The van der Waals surface area contributed by atoms with E-state index in [1.807, 2.05) is 76.5 Å². The summed E-state index contributed by atoms with van der Waals surface area (Å²) in [6.07, 6.45) is 18.6. The fraction of sp³-hybridized carbons (Fsp3) is 0.629. The number of rotatable bonds is 19. The van der Waals surface area contributed by atoms with E-state index >= 15 is 0 Å². The molecule has 1 aliphatic heterocycles. The molecular formula is C35H53N3O3. The molecule has 3 rings (SSSR count). The number of nitrogens with zero attached hydrogens (tertiary/aromatic N) is 2. The van der Waals surface area contributed by atoms with E-state index in [0.29, 0.717) is 6.54 Å². The molecule has 2 aromatic rings. The highest BCUT2D eigenvalue weighted by atomic mass is 16.6. The van der Waals surface area contributed by atoms with Crippen molar-refractivity contribution in [2.45, 2.75) is 122 Å². The first-order chi connectivity index (χ1) is 19.8. The van der Waals surface area contributed by atoms with Crippen LogP contribution in [-0.4, -0.2) is 46.6 Å². The molecule has 226 valence electrons. The first kappa shape index (κ1) is 32.8. The Bertz CT molecular complexity index is 1030. The standard InChI is InChI=1S/C35H53N3O3/c1-28(2)32-35(3,4)41-34(40)38(32)33(39)31(30-22-16-14-17-23-30)27-37-24-18-13-11-9-7-5-6-8-10-12-15-20-29-21-19-25-36-26-29/h14,16-17,19,21-23,25-26,28,31-32,37H,5-13,15,18,20,24,27H2,1-4H3/t31-,32-/m1/s1. The Labute approximate surface area is 248 Å². The Balaban J connectivity index is 1.29. The second kappa shape index (κ2) is 17.3. The number of cyclic esters (lactones) is 1. The lowest BCUT2D eigenvalue weighted by Crippen LogP contribution is -2.50. The molecule has 1 aromatic heterocycles. The zero-order chi connectivity index (χ0) is 29.5. The fourth-order valence-corrected chi connectivity index (χ4v) is 6.25. The van der Waals surface area contributed by atoms with E-state index in [9.17, 15) is 9.59 Å². The Morgan fingerprint density at radius 3 is 2.10 bits per heavy atom. The molecule has 41 heavy (non-hydrogen) atoms. The Kier molecular flexibility index (Phi) is 13.8. The van der Waals surface area contributed by atoms with Gasteiger partial charge >= 0.3 is 6.09 Å². The number of carbonyl (C=O) groups is 2. The highest BCUT2D eigenvalue weighted by molar-refractivity contribution is 5.97. The van der Waals surface area contributed by atoms with E-state index in [1.54, 1.807) is 0 Å². The number of ether oxygens (including phenoxy) is 1. The number of aromatic nitrogens is 1. The van der Waals surface area contributed by atoms with E-state index in [2.05, 4.69) is 16.4 Å². The monoisotopic (exact) mass is 563 g/mol. The molecule has 1 N–H and O–H groups in total. The fourth-order valence-electron chi connectivity index (χ4n) is 6.25. The van der Waals surface area contributed by atoms with E-state index in [4.69, 9.17) is 4.74 Å². The van der Waals surface area contributed by atoms with Gasteiger partial charge in [0, 0.05) is 18.9 Å². The smallest absolute Gasteiger partial charge is 0.417 e. The molecule has 1 aromatic carbocycles. The van der Waals surface area contributed by atoms with Crippen molar-refractivity contribution in [2.24, 2.45) is 5.92 Å². The normalized spacial score (nSPS) is 17.1. The number of unbranched alkanes of at least 4 members (excludes halogenated alkanes) is 10. The van der Waals surface area contributed by atoms with Crippen LogP contribution in [0.3, 0.4) is 0 Å². The van der Waals surface area contributed by atoms with E-state index in [-0.39, 0.29) is 17.9 Å². The van der Waals surface area contributed by atoms with Crippen LogP contribution in [0.5, 0.6) is 0 Å². The third-order valence-corrected chi connectivity index (χ3v) is 8.30. The van der Waals surface area contributed by atoms with Crippen LogP contribution in [-0.2, 0) is 16.0 Å². The minimum absolute atomic E-state index is 0.104. The summed E-state index contributed by atoms with van der Waals surface area (Å²) in [5, 5.41) is 3.51. The summed E-state index contributed by atoms with van der Waals surface area (Å²) in [6, 6.07) is 13.7. The maximum atomic E-state index is 13.8. The maximum absolute atomic E-state index is 13.8. The molecule has 0 aliphatic carbocycles. The molecule has 2 amide bonds. The van der Waals surface area contributed by atoms with Crippen molar-refractivity contribution in [3.05, 3.63) is 66.0 Å². The zero-order valence-corrected chi connectivity index (χ0v) is 25.9. The molecule has 6 nitrogen and oxygen atoms in total. The van der Waals surface area contributed by atoms with Crippen molar-refractivity contribution >= 4 is 12.0 Å². The summed E-state index contributed by atoms with van der Waals surface area (Å²) < 4.78 is 5.63. The van der Waals surface area contributed by atoms with Gasteiger partial charge in [-0.15, -0.1) is 0 Å². The summed E-state index contributed by atoms with van der Waals surface area (Å²) in [5.74, 6) is -0.492. The van der Waals surface area contributed by atoms with Crippen molar-refractivity contribution < 1.29 is 14.3 Å². The van der Waals surface area contributed by atoms with Crippen LogP contribution in [0.2, 0.25) is 0 Å². The quantitative estimate of drug-likeness (QED) is 0.175. The lowest BCUT2D eigenvalue weighted by Gasteiger charge is -2.32. The lowest BCUT2D eigenvalue weighted by molar-refractivity contribution is -0.132. The van der Waals surface area contributed by atoms with Gasteiger partial charge < -0.3 is 10.1 Å². The second-order valence-corrected chi connectivity index (χ2v) is 12.5. The molecule has 0 unspecified atom stereocenters. The molecule has 1 aliphatic rings. The molecule has 6 heteroatoms. The first-order valence-electron chi connectivity index (χ1n) is 16.0. The lowest BCUT2D eigenvalue weighted by atomic mass is 9.87. The Hall–Kier alpha value is -2.73. The van der Waals surface area contributed by atoms with Gasteiger partial charge in [0.2, 0.25) is 5.91 Å². The van der Waals surface area contributed by atoms with Crippen LogP contribution in [0.25, 0.3) is 0 Å². The van der Waals surface area contributed by atoms with E-state index < -0.39 is 17.6 Å². The number of pyridine rings is 1. The maximum Gasteiger partial charge on any atom is 0.417 e. The van der Waals surface area contributed by atoms with Gasteiger partial charge in [-0.1, -0.05) is 108 Å². The average molecular weight is 564 g/mol. The number of nitrogens with one attached hydrogen (secondary N) is 1. The molecule has 2 atom stereocenters. The number of imide groups is 1. The molecule has 0 bridgehead atoms. The van der Waals surface area contributed by atoms with Gasteiger partial charge in [0.1, 0.15) is 5.60 Å². The SMILES string of the molecule is CC(C)[C@H]1N(C(=O)[C@H](CNCCCCCCCCCCCCCc2cccnc2)c2ccccc2)C(=O)OC1(C)C. The number of carbonyl (C=O) groups excluding carboxylic acids is 2. The number of amides is 2. The summed E-state index contributed by atoms with van der Waals surface area (Å²) in [5.41, 5.74) is 1.58. The molecule has 0 spiro atoms. The third kappa shape index (κ3) is 10.6. The highest BCUT2D eigenvalue weighted by Gasteiger charge is 2.53. The molecule has 0 saturated carbocycles. The van der Waals surface area contributed by atoms with Crippen LogP contribution in [0.1, 0.15) is 115 Å². The van der Waals surface area contributed by atoms with E-state index in [1.165, 1.54) is 74.7 Å². The number of hydrogen-bond acceptors (Lipinski definition) is 5. The minimum Gasteiger partial charge on any atom is -0.441 e. The van der Waals surface area contributed by atoms with Crippen LogP contribution in [0.4, 0.5) is 4.79 Å². The molecular weight excluding hydrogens is 510 g/mol. The molecule has 0 radical (unpaired) electrons. The predicted octanol–water partition coefficient (Wildman–Crippen LogP) is 8.07. The molecule has 1 fully saturated rings. The first-order valence-corrected chi connectivity index (χ1v) is 16.0. The second-order valence-electron chi connectivity index (χ2n) is 12.5. The topological polar surface area (TPSA) is 71.5 Å². The number of hydrogen-bond donors (Lipinski definition) is 1. The average Bonchev–Trinajstić information content (AvgIpc) is 3.21. The Morgan fingerprint density at radius 1 is 0.902 bits per heavy atom. The number of benzene rings is 1. The van der Waals surface area contributed by atoms with Crippen LogP contribution < -0.4 is 5.32 Å². The van der Waals surface area contributed by atoms with Crippen LogP contribution >= 0.6 is 0 Å². The largest absolute Gasteiger partial charge is 0.441 e. The zero-order valence-electron chi connectivity index (χ0n) is 25.9. The van der Waals surface area contributed by atoms with Crippen molar-refractivity contribution in [1.29, 1.82) is 0 Å². The van der Waals surface area contributed by atoms with Gasteiger partial charge in [0.15, 0.2) is 0 Å². The van der Waals surface area contributed by atoms with Gasteiger partial charge in [-0.05, 0) is 62.8 Å². The van der Waals surface area contributed by atoms with Crippen molar-refractivity contribution in [2.75, 3.05) is 13.1 Å². The predicted molar refractivity (Wildman–Crippen MR) is 167 cm³/mol. The summed E-state index contributed by atoms with van der Waals surface area (Å²) >= 11 is 0. The van der Waals surface area contributed by atoms with Crippen molar-refractivity contribution in [1.82, 2.24) is 15.2 Å². The van der Waals surface area contributed by atoms with Gasteiger partial charge in [0.05, 0.1) is 12.0 Å². The van der Waals surface area contributed by atoms with Crippen LogP contribution in [0.15, 0.2) is 54.9 Å². The summed E-state index contributed by atoms with van der Waals surface area (Å²) in [6.45, 7) is 9.25. The van der Waals surface area contributed by atoms with Gasteiger partial charge in [-0.2, -0.15) is 0 Å². The van der Waals surface area contributed by atoms with Gasteiger partial charge in [-0.25, -0.2) is 9.69 Å². The van der Waals surface area contributed by atoms with Gasteiger partial charge in [0.25, 0.3) is 0 Å².